The summed E-state index contributed by atoms with van der Waals surface area (Å²) in [7, 11) is 0. The minimum atomic E-state index is 0.724. The van der Waals surface area contributed by atoms with Gasteiger partial charge in [0.2, 0.25) is 0 Å². The Labute approximate surface area is 84.4 Å². The van der Waals surface area contributed by atoms with Gasteiger partial charge in [-0.2, -0.15) is 0 Å². The summed E-state index contributed by atoms with van der Waals surface area (Å²) < 4.78 is 0. The van der Waals surface area contributed by atoms with Crippen molar-refractivity contribution in [3.63, 3.8) is 0 Å². The number of hydrogen-bond acceptors (Lipinski definition) is 0. The normalized spacial score (nSPS) is 11.0. The summed E-state index contributed by atoms with van der Waals surface area (Å²) in [5, 5.41) is 0. The van der Waals surface area contributed by atoms with Gasteiger partial charge in [0.1, 0.15) is 0 Å². The van der Waals surface area contributed by atoms with E-state index in [1.54, 1.807) is 5.57 Å². The summed E-state index contributed by atoms with van der Waals surface area (Å²) in [6.07, 6.45) is 7.80. The van der Waals surface area contributed by atoms with E-state index in [9.17, 15) is 0 Å². The second-order valence-corrected chi connectivity index (χ2v) is 4.51. The molecule has 0 spiro atoms. The van der Waals surface area contributed by atoms with Gasteiger partial charge in [-0.15, -0.1) is 0 Å². The van der Waals surface area contributed by atoms with Gasteiger partial charge in [0.15, 0.2) is 0 Å². The Kier molecular flexibility index (Phi) is 7.03. The summed E-state index contributed by atoms with van der Waals surface area (Å²) in [5.74, 6) is 1.45. The zero-order valence-electron chi connectivity index (χ0n) is 10.1. The number of allylic oxidation sites excluding steroid dienone is 2. The van der Waals surface area contributed by atoms with Gasteiger partial charge >= 0.3 is 0 Å². The van der Waals surface area contributed by atoms with E-state index in [1.165, 1.54) is 25.7 Å². The molecule has 13 heavy (non-hydrogen) atoms. The van der Waals surface area contributed by atoms with E-state index in [2.05, 4.69) is 40.7 Å². The molecule has 0 atom stereocenters. The largest absolute Gasteiger partial charge is 0.0848 e. The lowest BCUT2D eigenvalue weighted by Crippen LogP contribution is -2.01. The van der Waals surface area contributed by atoms with E-state index in [1.807, 2.05) is 0 Å². The first-order valence-corrected chi connectivity index (χ1v) is 5.79. The molecule has 0 saturated carbocycles. The van der Waals surface area contributed by atoms with E-state index < -0.39 is 0 Å². The van der Waals surface area contributed by atoms with Crippen molar-refractivity contribution in [2.75, 3.05) is 0 Å². The highest BCUT2D eigenvalue weighted by atomic mass is 14.1. The fourth-order valence-corrected chi connectivity index (χ4v) is 1.80. The third-order valence-electron chi connectivity index (χ3n) is 2.52. The monoisotopic (exact) mass is 182 g/mol. The van der Waals surface area contributed by atoms with Crippen molar-refractivity contribution in [2.24, 2.45) is 11.8 Å². The molecule has 0 aromatic heterocycles. The molecule has 78 valence electrons. The maximum absolute atomic E-state index is 2.46. The summed E-state index contributed by atoms with van der Waals surface area (Å²) in [4.78, 5) is 0. The van der Waals surface area contributed by atoms with Crippen LogP contribution in [0.25, 0.3) is 0 Å². The molecule has 0 rings (SSSR count). The van der Waals surface area contributed by atoms with Crippen LogP contribution in [-0.4, -0.2) is 0 Å². The summed E-state index contributed by atoms with van der Waals surface area (Å²) in [6.45, 7) is 11.4. The van der Waals surface area contributed by atoms with E-state index in [-0.39, 0.29) is 0 Å². The zero-order chi connectivity index (χ0) is 10.3. The molecule has 0 aromatic rings. The third-order valence-corrected chi connectivity index (χ3v) is 2.52. The Morgan fingerprint density at radius 1 is 1.00 bits per heavy atom. The molecule has 0 heteroatoms. The van der Waals surface area contributed by atoms with Crippen molar-refractivity contribution in [1.29, 1.82) is 0 Å². The smallest absolute Gasteiger partial charge is 0.0258 e. The van der Waals surface area contributed by atoms with E-state index in [0.717, 1.165) is 11.8 Å². The molecular weight excluding hydrogens is 156 g/mol. The average Bonchev–Trinajstić information content (AvgIpc) is 2.02. The Morgan fingerprint density at radius 3 is 1.92 bits per heavy atom. The highest BCUT2D eigenvalue weighted by molar-refractivity contribution is 5.07. The molecular formula is C13H26. The lowest BCUT2D eigenvalue weighted by Gasteiger charge is -2.15. The van der Waals surface area contributed by atoms with Gasteiger partial charge < -0.3 is 0 Å². The van der Waals surface area contributed by atoms with Crippen molar-refractivity contribution in [3.05, 3.63) is 11.6 Å². The van der Waals surface area contributed by atoms with Gasteiger partial charge in [0, 0.05) is 0 Å². The fourth-order valence-electron chi connectivity index (χ4n) is 1.80. The maximum Gasteiger partial charge on any atom is -0.0258 e. The zero-order valence-corrected chi connectivity index (χ0v) is 10.1. The van der Waals surface area contributed by atoms with Crippen LogP contribution in [0.1, 0.15) is 60.3 Å². The van der Waals surface area contributed by atoms with Crippen molar-refractivity contribution in [1.82, 2.24) is 0 Å². The van der Waals surface area contributed by atoms with Crippen molar-refractivity contribution in [2.45, 2.75) is 60.3 Å². The van der Waals surface area contributed by atoms with Gasteiger partial charge in [-0.1, -0.05) is 59.1 Å². The molecule has 0 N–H and O–H groups in total. The van der Waals surface area contributed by atoms with Crippen LogP contribution in [-0.2, 0) is 0 Å². The highest BCUT2D eigenvalue weighted by Crippen LogP contribution is 2.20. The molecule has 0 amide bonds. The second kappa shape index (κ2) is 7.17. The third kappa shape index (κ3) is 5.90. The van der Waals surface area contributed by atoms with Crippen LogP contribution in [0.2, 0.25) is 0 Å². The van der Waals surface area contributed by atoms with E-state index in [0.29, 0.717) is 0 Å². The first kappa shape index (κ1) is 12.7. The molecule has 0 fully saturated rings. The summed E-state index contributed by atoms with van der Waals surface area (Å²) >= 11 is 0. The van der Waals surface area contributed by atoms with Gasteiger partial charge in [-0.05, 0) is 24.7 Å². The second-order valence-electron chi connectivity index (χ2n) is 4.51. The molecule has 0 aliphatic heterocycles. The molecule has 0 radical (unpaired) electrons. The lowest BCUT2D eigenvalue weighted by molar-refractivity contribution is 0.614. The van der Waals surface area contributed by atoms with Gasteiger partial charge in [0.05, 0.1) is 0 Å². The van der Waals surface area contributed by atoms with Crippen LogP contribution in [0.4, 0.5) is 0 Å². The number of hydrogen-bond donors (Lipinski definition) is 0. The molecule has 0 aliphatic rings. The minimum absolute atomic E-state index is 0.724. The Hall–Kier alpha value is -0.260. The van der Waals surface area contributed by atoms with E-state index in [4.69, 9.17) is 0 Å². The molecule has 0 saturated heterocycles. The van der Waals surface area contributed by atoms with Crippen LogP contribution in [0.3, 0.4) is 0 Å². The van der Waals surface area contributed by atoms with Crippen molar-refractivity contribution < 1.29 is 0 Å². The maximum atomic E-state index is 2.46. The topological polar surface area (TPSA) is 0 Å². The van der Waals surface area contributed by atoms with Gasteiger partial charge in [0.25, 0.3) is 0 Å². The van der Waals surface area contributed by atoms with E-state index >= 15 is 0 Å². The highest BCUT2D eigenvalue weighted by Gasteiger charge is 2.06. The molecule has 0 unspecified atom stereocenters. The fraction of sp³-hybridized carbons (Fsp3) is 0.846. The quantitative estimate of drug-likeness (QED) is 0.408. The number of rotatable bonds is 6. The van der Waals surface area contributed by atoms with Gasteiger partial charge in [-0.3, -0.25) is 0 Å². The average molecular weight is 182 g/mol. The lowest BCUT2D eigenvalue weighted by atomic mass is 9.91. The standard InChI is InChI=1S/C13H26/c1-6-7-8-9-10-13(11(2)3)12(4)5/h10-12H,6-9H2,1-5H3. The van der Waals surface area contributed by atoms with Crippen LogP contribution in [0, 0.1) is 11.8 Å². The van der Waals surface area contributed by atoms with Crippen LogP contribution in [0.5, 0.6) is 0 Å². The molecule has 0 aliphatic carbocycles. The molecule has 0 nitrogen and oxygen atoms in total. The first-order chi connectivity index (χ1) is 6.09. The summed E-state index contributed by atoms with van der Waals surface area (Å²) in [5.41, 5.74) is 1.64. The molecule has 0 bridgehead atoms. The number of unbranched alkanes of at least 4 members (excludes halogenated alkanes) is 3. The minimum Gasteiger partial charge on any atom is -0.0848 e. The van der Waals surface area contributed by atoms with Crippen molar-refractivity contribution >= 4 is 0 Å². The van der Waals surface area contributed by atoms with Crippen LogP contribution in [0.15, 0.2) is 11.6 Å². The Morgan fingerprint density at radius 2 is 1.54 bits per heavy atom. The Balaban J connectivity index is 3.90. The molecule has 0 aromatic carbocycles. The Bertz CT molecular complexity index is 130. The predicted octanol–water partition coefficient (Wildman–Crippen LogP) is 4.81. The molecule has 0 heterocycles. The summed E-state index contributed by atoms with van der Waals surface area (Å²) in [6, 6.07) is 0. The van der Waals surface area contributed by atoms with Crippen LogP contribution < -0.4 is 0 Å². The van der Waals surface area contributed by atoms with Crippen LogP contribution >= 0.6 is 0 Å². The predicted molar refractivity (Wildman–Crippen MR) is 61.9 cm³/mol. The van der Waals surface area contributed by atoms with Gasteiger partial charge in [-0.25, -0.2) is 0 Å². The SMILES string of the molecule is CCCCCC=C(C(C)C)C(C)C. The first-order valence-electron chi connectivity index (χ1n) is 5.79. The van der Waals surface area contributed by atoms with Crippen molar-refractivity contribution in [3.8, 4) is 0 Å².